The SMILES string of the molecule is O=C(O)C1Cc2ccccc2CN1C(=O)Oc1c(F)c(F)c(F)c(F)c1F. The van der Waals surface area contributed by atoms with Gasteiger partial charge >= 0.3 is 12.1 Å². The molecule has 1 atom stereocenters. The lowest BCUT2D eigenvalue weighted by Gasteiger charge is -2.33. The molecule has 5 nitrogen and oxygen atoms in total. The molecule has 0 bridgehead atoms. The van der Waals surface area contributed by atoms with E-state index >= 15 is 0 Å². The van der Waals surface area contributed by atoms with Gasteiger partial charge in [0.25, 0.3) is 0 Å². The summed E-state index contributed by atoms with van der Waals surface area (Å²) in [5.41, 5.74) is 1.20. The molecule has 0 saturated heterocycles. The molecule has 10 heteroatoms. The maximum absolute atomic E-state index is 13.7. The van der Waals surface area contributed by atoms with Gasteiger partial charge in [-0.25, -0.2) is 22.8 Å². The Hall–Kier alpha value is -3.17. The van der Waals surface area contributed by atoms with Crippen molar-refractivity contribution in [3.05, 3.63) is 64.5 Å². The van der Waals surface area contributed by atoms with Crippen molar-refractivity contribution in [3.63, 3.8) is 0 Å². The molecule has 2 aromatic rings. The van der Waals surface area contributed by atoms with Gasteiger partial charge in [0.05, 0.1) is 6.54 Å². The highest BCUT2D eigenvalue weighted by Gasteiger charge is 2.37. The number of carboxylic acids is 1. The van der Waals surface area contributed by atoms with E-state index < -0.39 is 52.9 Å². The van der Waals surface area contributed by atoms with Gasteiger partial charge in [0.1, 0.15) is 6.04 Å². The van der Waals surface area contributed by atoms with Crippen molar-refractivity contribution in [2.75, 3.05) is 0 Å². The molecule has 1 amide bonds. The molecule has 1 aliphatic rings. The van der Waals surface area contributed by atoms with Gasteiger partial charge in [0, 0.05) is 6.42 Å². The molecule has 1 N–H and O–H groups in total. The molecule has 27 heavy (non-hydrogen) atoms. The highest BCUT2D eigenvalue weighted by Crippen LogP contribution is 2.31. The van der Waals surface area contributed by atoms with Crippen LogP contribution < -0.4 is 4.74 Å². The number of benzene rings is 2. The molecular formula is C17H10F5NO4. The molecule has 2 aromatic carbocycles. The Morgan fingerprint density at radius 2 is 1.44 bits per heavy atom. The molecule has 1 unspecified atom stereocenters. The minimum Gasteiger partial charge on any atom is -0.480 e. The standard InChI is InChI=1S/C17H10F5NO4/c18-10-11(19)13(21)15(14(22)12(10)20)27-17(26)23-6-8-4-2-1-3-7(8)5-9(23)16(24)25/h1-4,9H,5-6H2,(H,24,25). The third kappa shape index (κ3) is 3.18. The Kier molecular flexibility index (Phi) is 4.73. The molecule has 0 aliphatic carbocycles. The predicted octanol–water partition coefficient (Wildman–Crippen LogP) is 3.39. The van der Waals surface area contributed by atoms with Crippen LogP contribution in [0, 0.1) is 29.1 Å². The number of aliphatic carboxylic acids is 1. The fraction of sp³-hybridized carbons (Fsp3) is 0.176. The number of rotatable bonds is 2. The average Bonchev–Trinajstić information content (AvgIpc) is 2.66. The van der Waals surface area contributed by atoms with Crippen LogP contribution in [0.3, 0.4) is 0 Å². The molecular weight excluding hydrogens is 377 g/mol. The Morgan fingerprint density at radius 3 is 2.00 bits per heavy atom. The molecule has 142 valence electrons. The third-order valence-corrected chi connectivity index (χ3v) is 4.13. The maximum Gasteiger partial charge on any atom is 0.416 e. The topological polar surface area (TPSA) is 66.8 Å². The molecule has 0 aromatic heterocycles. The zero-order chi connectivity index (χ0) is 19.9. The lowest BCUT2D eigenvalue weighted by atomic mass is 9.94. The Balaban J connectivity index is 1.95. The summed E-state index contributed by atoms with van der Waals surface area (Å²) in [6, 6.07) is 5.12. The van der Waals surface area contributed by atoms with Crippen molar-refractivity contribution >= 4 is 12.1 Å². The highest BCUT2D eigenvalue weighted by atomic mass is 19.2. The smallest absolute Gasteiger partial charge is 0.416 e. The lowest BCUT2D eigenvalue weighted by Crippen LogP contribution is -2.49. The van der Waals surface area contributed by atoms with E-state index in [2.05, 4.69) is 4.74 Å². The first-order valence-electron chi connectivity index (χ1n) is 7.51. The molecule has 3 rings (SSSR count). The van der Waals surface area contributed by atoms with Crippen LogP contribution in [0.4, 0.5) is 26.7 Å². The van der Waals surface area contributed by atoms with E-state index in [1.165, 1.54) is 0 Å². The summed E-state index contributed by atoms with van der Waals surface area (Å²) in [5, 5.41) is 9.32. The van der Waals surface area contributed by atoms with Crippen molar-refractivity contribution in [2.24, 2.45) is 0 Å². The number of amides is 1. The fourth-order valence-corrected chi connectivity index (χ4v) is 2.76. The molecule has 0 radical (unpaired) electrons. The lowest BCUT2D eigenvalue weighted by molar-refractivity contribution is -0.143. The number of fused-ring (bicyclic) bond motifs is 1. The van der Waals surface area contributed by atoms with Crippen molar-refractivity contribution in [1.29, 1.82) is 0 Å². The average molecular weight is 387 g/mol. The van der Waals surface area contributed by atoms with Crippen LogP contribution in [0.1, 0.15) is 11.1 Å². The van der Waals surface area contributed by atoms with Crippen LogP contribution in [-0.4, -0.2) is 28.1 Å². The van der Waals surface area contributed by atoms with E-state index in [1.54, 1.807) is 24.3 Å². The zero-order valence-corrected chi connectivity index (χ0v) is 13.3. The predicted molar refractivity (Wildman–Crippen MR) is 79.4 cm³/mol. The molecule has 0 spiro atoms. The summed E-state index contributed by atoms with van der Waals surface area (Å²) in [4.78, 5) is 24.4. The number of ether oxygens (including phenoxy) is 1. The summed E-state index contributed by atoms with van der Waals surface area (Å²) >= 11 is 0. The zero-order valence-electron chi connectivity index (χ0n) is 13.3. The largest absolute Gasteiger partial charge is 0.480 e. The number of hydrogen-bond donors (Lipinski definition) is 1. The number of carbonyl (C=O) groups excluding carboxylic acids is 1. The highest BCUT2D eigenvalue weighted by molar-refractivity contribution is 5.82. The van der Waals surface area contributed by atoms with Crippen LogP contribution in [-0.2, 0) is 17.8 Å². The fourth-order valence-electron chi connectivity index (χ4n) is 2.76. The van der Waals surface area contributed by atoms with Gasteiger partial charge in [0.15, 0.2) is 0 Å². The van der Waals surface area contributed by atoms with E-state index in [9.17, 15) is 36.6 Å². The van der Waals surface area contributed by atoms with Crippen LogP contribution in [0.25, 0.3) is 0 Å². The third-order valence-electron chi connectivity index (χ3n) is 4.13. The van der Waals surface area contributed by atoms with Gasteiger partial charge in [0.2, 0.25) is 34.8 Å². The van der Waals surface area contributed by atoms with Crippen LogP contribution >= 0.6 is 0 Å². The van der Waals surface area contributed by atoms with E-state index in [0.29, 0.717) is 16.0 Å². The van der Waals surface area contributed by atoms with Crippen LogP contribution in [0.5, 0.6) is 5.75 Å². The second kappa shape index (κ2) is 6.86. The molecule has 1 heterocycles. The molecule has 1 aliphatic heterocycles. The quantitative estimate of drug-likeness (QED) is 0.487. The number of carbonyl (C=O) groups is 2. The Bertz CT molecular complexity index is 920. The van der Waals surface area contributed by atoms with Gasteiger partial charge in [-0.1, -0.05) is 24.3 Å². The number of nitrogens with zero attached hydrogens (tertiary/aromatic N) is 1. The van der Waals surface area contributed by atoms with Gasteiger partial charge < -0.3 is 9.84 Å². The van der Waals surface area contributed by atoms with Crippen molar-refractivity contribution in [1.82, 2.24) is 4.90 Å². The normalized spacial score (nSPS) is 16.0. The number of hydrogen-bond acceptors (Lipinski definition) is 3. The summed E-state index contributed by atoms with van der Waals surface area (Å²) in [7, 11) is 0. The van der Waals surface area contributed by atoms with E-state index in [-0.39, 0.29) is 13.0 Å². The summed E-state index contributed by atoms with van der Waals surface area (Å²) < 4.78 is 71.3. The van der Waals surface area contributed by atoms with Crippen LogP contribution in [0.15, 0.2) is 24.3 Å². The first-order valence-corrected chi connectivity index (χ1v) is 7.51. The van der Waals surface area contributed by atoms with Gasteiger partial charge in [-0.2, -0.15) is 8.78 Å². The van der Waals surface area contributed by atoms with Crippen molar-refractivity contribution in [3.8, 4) is 5.75 Å². The van der Waals surface area contributed by atoms with Gasteiger partial charge in [-0.05, 0) is 11.1 Å². The second-order valence-corrected chi connectivity index (χ2v) is 5.72. The van der Waals surface area contributed by atoms with E-state index in [0.717, 1.165) is 0 Å². The molecule has 0 fully saturated rings. The monoisotopic (exact) mass is 387 g/mol. The first-order chi connectivity index (χ1) is 12.7. The summed E-state index contributed by atoms with van der Waals surface area (Å²) in [6.07, 6.45) is -1.67. The van der Waals surface area contributed by atoms with Crippen molar-refractivity contribution in [2.45, 2.75) is 19.0 Å². The minimum atomic E-state index is -2.40. The second-order valence-electron chi connectivity index (χ2n) is 5.72. The minimum absolute atomic E-state index is 0.113. The van der Waals surface area contributed by atoms with Crippen LogP contribution in [0.2, 0.25) is 0 Å². The maximum atomic E-state index is 13.7. The first kappa shape index (κ1) is 18.6. The Morgan fingerprint density at radius 1 is 0.926 bits per heavy atom. The Labute approximate surface area is 148 Å². The van der Waals surface area contributed by atoms with Gasteiger partial charge in [-0.3, -0.25) is 4.90 Å². The van der Waals surface area contributed by atoms with Crippen molar-refractivity contribution < 1.29 is 41.4 Å². The van der Waals surface area contributed by atoms with E-state index in [4.69, 9.17) is 0 Å². The van der Waals surface area contributed by atoms with E-state index in [1.807, 2.05) is 0 Å². The molecule has 0 saturated carbocycles. The summed E-state index contributed by atoms with van der Waals surface area (Å²) in [6.45, 7) is -0.276. The number of halogens is 5. The summed E-state index contributed by atoms with van der Waals surface area (Å²) in [5.74, 6) is -14.8. The van der Waals surface area contributed by atoms with Gasteiger partial charge in [-0.15, -0.1) is 0 Å². The number of carboxylic acid groups (broad SMARTS) is 1.